The maximum Gasteiger partial charge on any atom is 0.218 e. The number of halogens is 1. The molecule has 0 radical (unpaired) electrons. The second-order valence-electron chi connectivity index (χ2n) is 4.48. The Morgan fingerprint density at radius 3 is 2.53 bits per heavy atom. The third-order valence-electron chi connectivity index (χ3n) is 3.11. The average Bonchev–Trinajstić information content (AvgIpc) is 2.68. The summed E-state index contributed by atoms with van der Waals surface area (Å²) in [5, 5.41) is 0.626. The average molecular weight is 274 g/mol. The summed E-state index contributed by atoms with van der Waals surface area (Å²) in [6, 6.07) is 7.10. The lowest BCUT2D eigenvalue weighted by Gasteiger charge is -2.20. The Morgan fingerprint density at radius 2 is 2.00 bits per heavy atom. The van der Waals surface area contributed by atoms with Crippen molar-refractivity contribution in [1.82, 2.24) is 4.31 Å². The van der Waals surface area contributed by atoms with Gasteiger partial charge in [-0.15, -0.1) is 0 Å². The molecule has 1 unspecified atom stereocenters. The molecule has 0 aromatic heterocycles. The fraction of sp³-hybridized carbons (Fsp3) is 0.500. The summed E-state index contributed by atoms with van der Waals surface area (Å²) in [6.07, 6.45) is 1.92. The molecule has 1 aromatic carbocycles. The maximum absolute atomic E-state index is 12.2. The van der Waals surface area contributed by atoms with Crippen LogP contribution in [0.2, 0.25) is 5.02 Å². The first kappa shape index (κ1) is 12.9. The fourth-order valence-corrected chi connectivity index (χ4v) is 4.16. The van der Waals surface area contributed by atoms with Gasteiger partial charge in [0.1, 0.15) is 0 Å². The highest BCUT2D eigenvalue weighted by Crippen LogP contribution is 2.23. The highest BCUT2D eigenvalue weighted by molar-refractivity contribution is 7.88. The lowest BCUT2D eigenvalue weighted by molar-refractivity contribution is 0.407. The summed E-state index contributed by atoms with van der Waals surface area (Å²) in [5.74, 6) is 0.0640. The molecule has 0 saturated carbocycles. The van der Waals surface area contributed by atoms with Crippen molar-refractivity contribution in [1.29, 1.82) is 0 Å². The standard InChI is InChI=1S/C12H16ClNO2S/c1-10-3-2-8-14(10)17(15,16)9-11-4-6-12(13)7-5-11/h4-7,10H,2-3,8-9H2,1H3. The van der Waals surface area contributed by atoms with E-state index in [2.05, 4.69) is 0 Å². The van der Waals surface area contributed by atoms with Crippen LogP contribution < -0.4 is 0 Å². The molecule has 0 N–H and O–H groups in total. The van der Waals surface area contributed by atoms with Crippen molar-refractivity contribution in [3.05, 3.63) is 34.9 Å². The summed E-state index contributed by atoms with van der Waals surface area (Å²) in [4.78, 5) is 0. The van der Waals surface area contributed by atoms with Crippen molar-refractivity contribution < 1.29 is 8.42 Å². The van der Waals surface area contributed by atoms with Crippen molar-refractivity contribution in [2.45, 2.75) is 31.6 Å². The van der Waals surface area contributed by atoms with E-state index in [0.717, 1.165) is 18.4 Å². The van der Waals surface area contributed by atoms with Gasteiger partial charge in [0, 0.05) is 17.6 Å². The molecule has 1 aliphatic heterocycles. The summed E-state index contributed by atoms with van der Waals surface area (Å²) >= 11 is 5.77. The zero-order valence-corrected chi connectivity index (χ0v) is 11.3. The predicted octanol–water partition coefficient (Wildman–Crippen LogP) is 2.65. The normalized spacial score (nSPS) is 21.9. The molecule has 0 aliphatic carbocycles. The Kier molecular flexibility index (Phi) is 3.76. The minimum Gasteiger partial charge on any atom is -0.212 e. The number of benzene rings is 1. The Labute approximate surface area is 107 Å². The van der Waals surface area contributed by atoms with Crippen molar-refractivity contribution in [3.8, 4) is 0 Å². The lowest BCUT2D eigenvalue weighted by Crippen LogP contribution is -2.34. The maximum atomic E-state index is 12.2. The number of rotatable bonds is 3. The zero-order chi connectivity index (χ0) is 12.5. The number of nitrogens with zero attached hydrogens (tertiary/aromatic N) is 1. The molecule has 0 spiro atoms. The van der Waals surface area contributed by atoms with Crippen LogP contribution in [0, 0.1) is 0 Å². The molecule has 17 heavy (non-hydrogen) atoms. The molecule has 1 atom stereocenters. The van der Waals surface area contributed by atoms with E-state index in [9.17, 15) is 8.42 Å². The van der Waals surface area contributed by atoms with Gasteiger partial charge in [-0.25, -0.2) is 8.42 Å². The van der Waals surface area contributed by atoms with E-state index >= 15 is 0 Å². The number of hydrogen-bond acceptors (Lipinski definition) is 2. The number of hydrogen-bond donors (Lipinski definition) is 0. The molecule has 5 heteroatoms. The summed E-state index contributed by atoms with van der Waals surface area (Å²) < 4.78 is 26.0. The van der Waals surface area contributed by atoms with E-state index < -0.39 is 10.0 Å². The van der Waals surface area contributed by atoms with Crippen molar-refractivity contribution in [2.75, 3.05) is 6.54 Å². The molecular formula is C12H16ClNO2S. The number of sulfonamides is 1. The van der Waals surface area contributed by atoms with Crippen LogP contribution >= 0.6 is 11.6 Å². The Morgan fingerprint density at radius 1 is 1.35 bits per heavy atom. The Hall–Kier alpha value is -0.580. The van der Waals surface area contributed by atoms with Gasteiger partial charge in [0.15, 0.2) is 0 Å². The SMILES string of the molecule is CC1CCCN1S(=O)(=O)Cc1ccc(Cl)cc1. The van der Waals surface area contributed by atoms with Crippen LogP contribution in [0.4, 0.5) is 0 Å². The topological polar surface area (TPSA) is 37.4 Å². The van der Waals surface area contributed by atoms with Gasteiger partial charge in [-0.05, 0) is 37.5 Å². The van der Waals surface area contributed by atoms with Crippen LogP contribution in [-0.4, -0.2) is 25.3 Å². The smallest absolute Gasteiger partial charge is 0.212 e. The molecular weight excluding hydrogens is 258 g/mol. The molecule has 1 fully saturated rings. The predicted molar refractivity (Wildman–Crippen MR) is 69.5 cm³/mol. The molecule has 1 aromatic rings. The second-order valence-corrected chi connectivity index (χ2v) is 6.84. The van der Waals surface area contributed by atoms with Crippen LogP contribution in [0.1, 0.15) is 25.3 Å². The van der Waals surface area contributed by atoms with E-state index in [4.69, 9.17) is 11.6 Å². The minimum absolute atomic E-state index is 0.0640. The molecule has 94 valence electrons. The fourth-order valence-electron chi connectivity index (χ4n) is 2.19. The van der Waals surface area contributed by atoms with Crippen molar-refractivity contribution in [2.24, 2.45) is 0 Å². The van der Waals surface area contributed by atoms with Crippen LogP contribution in [0.5, 0.6) is 0 Å². The van der Waals surface area contributed by atoms with E-state index in [1.165, 1.54) is 0 Å². The van der Waals surface area contributed by atoms with Gasteiger partial charge < -0.3 is 0 Å². The van der Waals surface area contributed by atoms with Crippen molar-refractivity contribution in [3.63, 3.8) is 0 Å². The van der Waals surface area contributed by atoms with Crippen LogP contribution in [0.15, 0.2) is 24.3 Å². The third kappa shape index (κ3) is 3.00. The lowest BCUT2D eigenvalue weighted by atomic mass is 10.2. The summed E-state index contributed by atoms with van der Waals surface area (Å²) in [7, 11) is -3.18. The molecule has 1 aliphatic rings. The van der Waals surface area contributed by atoms with Gasteiger partial charge in [0.05, 0.1) is 5.75 Å². The third-order valence-corrected chi connectivity index (χ3v) is 5.32. The Balaban J connectivity index is 2.14. The summed E-state index contributed by atoms with van der Waals surface area (Å²) in [5.41, 5.74) is 0.786. The van der Waals surface area contributed by atoms with Crippen molar-refractivity contribution >= 4 is 21.6 Å². The quantitative estimate of drug-likeness (QED) is 0.849. The van der Waals surface area contributed by atoms with Crippen LogP contribution in [0.3, 0.4) is 0 Å². The van der Waals surface area contributed by atoms with Crippen LogP contribution in [0.25, 0.3) is 0 Å². The Bertz CT molecular complexity index is 484. The monoisotopic (exact) mass is 273 g/mol. The van der Waals surface area contributed by atoms with Gasteiger partial charge >= 0.3 is 0 Å². The molecule has 0 amide bonds. The highest BCUT2D eigenvalue weighted by Gasteiger charge is 2.31. The highest BCUT2D eigenvalue weighted by atomic mass is 35.5. The summed E-state index contributed by atoms with van der Waals surface area (Å²) in [6.45, 7) is 2.61. The molecule has 1 saturated heterocycles. The van der Waals surface area contributed by atoms with E-state index in [-0.39, 0.29) is 11.8 Å². The molecule has 2 rings (SSSR count). The van der Waals surface area contributed by atoms with Gasteiger partial charge in [0.2, 0.25) is 10.0 Å². The molecule has 3 nitrogen and oxygen atoms in total. The van der Waals surface area contributed by atoms with Crippen LogP contribution in [-0.2, 0) is 15.8 Å². The van der Waals surface area contributed by atoms with Gasteiger partial charge in [-0.2, -0.15) is 4.31 Å². The second kappa shape index (κ2) is 4.96. The first-order valence-electron chi connectivity index (χ1n) is 5.73. The van der Waals surface area contributed by atoms with E-state index in [0.29, 0.717) is 11.6 Å². The molecule has 0 bridgehead atoms. The first-order chi connectivity index (χ1) is 7.99. The van der Waals surface area contributed by atoms with E-state index in [1.807, 2.05) is 6.92 Å². The van der Waals surface area contributed by atoms with Gasteiger partial charge in [-0.1, -0.05) is 23.7 Å². The minimum atomic E-state index is -3.18. The van der Waals surface area contributed by atoms with E-state index in [1.54, 1.807) is 28.6 Å². The van der Waals surface area contributed by atoms with Gasteiger partial charge in [-0.3, -0.25) is 0 Å². The largest absolute Gasteiger partial charge is 0.218 e. The molecule has 1 heterocycles. The zero-order valence-electron chi connectivity index (χ0n) is 9.77. The first-order valence-corrected chi connectivity index (χ1v) is 7.72. The van der Waals surface area contributed by atoms with Gasteiger partial charge in [0.25, 0.3) is 0 Å².